The van der Waals surface area contributed by atoms with Crippen LogP contribution < -0.4 is 15.5 Å². The van der Waals surface area contributed by atoms with Crippen LogP contribution in [0.25, 0.3) is 11.3 Å². The monoisotopic (exact) mass is 521 g/mol. The minimum Gasteiger partial charge on any atom is -0.350 e. The predicted molar refractivity (Wildman–Crippen MR) is 140 cm³/mol. The molecule has 7 nitrogen and oxygen atoms in total. The third-order valence-corrected chi connectivity index (χ3v) is 6.05. The van der Waals surface area contributed by atoms with Gasteiger partial charge in [0.15, 0.2) is 0 Å². The zero-order valence-electron chi connectivity index (χ0n) is 20.5. The summed E-state index contributed by atoms with van der Waals surface area (Å²) in [5, 5.41) is 5.60. The Labute approximate surface area is 218 Å². The summed E-state index contributed by atoms with van der Waals surface area (Å²) in [5.41, 5.74) is 2.19. The van der Waals surface area contributed by atoms with E-state index in [1.807, 2.05) is 6.07 Å². The lowest BCUT2D eigenvalue weighted by Gasteiger charge is -2.23. The van der Waals surface area contributed by atoms with Crippen LogP contribution in [0.1, 0.15) is 29.5 Å². The predicted octanol–water partition coefficient (Wildman–Crippen LogP) is 5.61. The molecule has 3 aromatic rings. The number of pyridine rings is 1. The van der Waals surface area contributed by atoms with Crippen molar-refractivity contribution in [3.63, 3.8) is 0 Å². The molecule has 2 heterocycles. The number of amides is 3. The highest BCUT2D eigenvalue weighted by atomic mass is 19.4. The van der Waals surface area contributed by atoms with Crippen molar-refractivity contribution >= 4 is 29.3 Å². The second-order valence-electron chi connectivity index (χ2n) is 8.74. The van der Waals surface area contributed by atoms with Gasteiger partial charge in [0.05, 0.1) is 11.3 Å². The third kappa shape index (κ3) is 6.66. The fourth-order valence-corrected chi connectivity index (χ4v) is 4.09. The number of aromatic nitrogens is 1. The number of rotatable bonds is 6. The van der Waals surface area contributed by atoms with Gasteiger partial charge >= 0.3 is 12.2 Å². The smallest absolute Gasteiger partial charge is 0.350 e. The molecule has 0 saturated carbocycles. The summed E-state index contributed by atoms with van der Waals surface area (Å²) in [7, 11) is 0. The molecule has 2 N–H and O–H groups in total. The molecule has 4 rings (SSSR count). The molecule has 1 aromatic heterocycles. The van der Waals surface area contributed by atoms with Gasteiger partial charge in [-0.05, 0) is 73.2 Å². The molecule has 3 amide bonds. The zero-order valence-corrected chi connectivity index (χ0v) is 20.5. The van der Waals surface area contributed by atoms with Crippen molar-refractivity contribution in [2.75, 3.05) is 23.3 Å². The molecule has 0 unspecified atom stereocenters. The maximum absolute atomic E-state index is 13.3. The van der Waals surface area contributed by atoms with Crippen LogP contribution in [-0.2, 0) is 23.9 Å². The number of carbonyl (C=O) groups is 2. The summed E-state index contributed by atoms with van der Waals surface area (Å²) in [6.07, 6.45) is -2.13. The maximum Gasteiger partial charge on any atom is 0.416 e. The van der Waals surface area contributed by atoms with Crippen molar-refractivity contribution in [1.82, 2.24) is 10.3 Å². The highest BCUT2D eigenvalue weighted by molar-refractivity contribution is 6.01. The van der Waals surface area contributed by atoms with Crippen LogP contribution in [0.3, 0.4) is 0 Å². The summed E-state index contributed by atoms with van der Waals surface area (Å²) < 4.78 is 39.7. The SMILES string of the molecule is C=C=NCC(=O)NCc1ccc(NC(=O)N2CCCCc3ccc(-c4cccc(C(F)(F)F)c4)nc32)cc1. The molecule has 10 heteroatoms. The van der Waals surface area contributed by atoms with Crippen LogP contribution >= 0.6 is 0 Å². The molecule has 0 bridgehead atoms. The van der Waals surface area contributed by atoms with E-state index >= 15 is 0 Å². The standard InChI is InChI=1S/C28H26F3N5O2/c1-2-32-18-25(37)33-17-19-9-12-23(13-10-19)34-27(38)36-15-4-3-6-20-11-14-24(35-26(20)36)21-7-5-8-22(16-21)28(29,30)31/h5,7-14,16H,1,3-4,6,15,17-18H2,(H,33,37)(H,34,38). The highest BCUT2D eigenvalue weighted by Gasteiger charge is 2.31. The number of anilines is 2. The van der Waals surface area contributed by atoms with Gasteiger partial charge in [0.1, 0.15) is 12.4 Å². The van der Waals surface area contributed by atoms with E-state index in [0.29, 0.717) is 42.3 Å². The van der Waals surface area contributed by atoms with Crippen LogP contribution in [0.4, 0.5) is 29.5 Å². The van der Waals surface area contributed by atoms with Crippen LogP contribution in [-0.4, -0.2) is 35.9 Å². The van der Waals surface area contributed by atoms with Gasteiger partial charge in [0.25, 0.3) is 0 Å². The van der Waals surface area contributed by atoms with Crippen molar-refractivity contribution in [1.29, 1.82) is 0 Å². The van der Waals surface area contributed by atoms with E-state index in [1.165, 1.54) is 11.0 Å². The number of urea groups is 1. The molecule has 0 spiro atoms. The van der Waals surface area contributed by atoms with E-state index in [4.69, 9.17) is 0 Å². The Balaban J connectivity index is 1.50. The van der Waals surface area contributed by atoms with Crippen molar-refractivity contribution in [2.45, 2.75) is 32.0 Å². The third-order valence-electron chi connectivity index (χ3n) is 6.05. The van der Waals surface area contributed by atoms with Gasteiger partial charge in [0, 0.05) is 24.3 Å². The van der Waals surface area contributed by atoms with Gasteiger partial charge in [-0.1, -0.05) is 30.3 Å². The number of nitrogens with one attached hydrogen (secondary N) is 2. The van der Waals surface area contributed by atoms with Gasteiger partial charge < -0.3 is 10.6 Å². The molecule has 1 aliphatic rings. The number of halogens is 3. The van der Waals surface area contributed by atoms with Gasteiger partial charge in [-0.25, -0.2) is 14.8 Å². The van der Waals surface area contributed by atoms with Crippen molar-refractivity contribution < 1.29 is 22.8 Å². The minimum atomic E-state index is -4.46. The molecular formula is C28H26F3N5O2. The number of aryl methyl sites for hydroxylation is 1. The Bertz CT molecular complexity index is 1370. The van der Waals surface area contributed by atoms with E-state index in [1.54, 1.807) is 36.4 Å². The van der Waals surface area contributed by atoms with Gasteiger partial charge in [-0.3, -0.25) is 9.69 Å². The first-order chi connectivity index (χ1) is 18.2. The summed E-state index contributed by atoms with van der Waals surface area (Å²) in [5.74, 6) is 2.49. The fraction of sp³-hybridized carbons (Fsp3) is 0.250. The van der Waals surface area contributed by atoms with Crippen molar-refractivity contribution in [3.8, 4) is 11.3 Å². The summed E-state index contributed by atoms with van der Waals surface area (Å²) in [6, 6.07) is 15.2. The Morgan fingerprint density at radius 2 is 1.87 bits per heavy atom. The van der Waals surface area contributed by atoms with E-state index < -0.39 is 11.7 Å². The lowest BCUT2D eigenvalue weighted by Crippen LogP contribution is -2.36. The number of fused-ring (bicyclic) bond motifs is 1. The molecule has 0 aliphatic carbocycles. The van der Waals surface area contributed by atoms with E-state index in [-0.39, 0.29) is 18.5 Å². The number of aliphatic imine (C=N–C) groups is 1. The molecule has 1 aliphatic heterocycles. The van der Waals surface area contributed by atoms with E-state index in [2.05, 4.69) is 33.1 Å². The summed E-state index contributed by atoms with van der Waals surface area (Å²) in [6.45, 7) is 4.00. The quantitative estimate of drug-likeness (QED) is 0.413. The van der Waals surface area contributed by atoms with Gasteiger partial charge in [-0.15, -0.1) is 0 Å². The number of hydrogen-bond donors (Lipinski definition) is 2. The van der Waals surface area contributed by atoms with Crippen LogP contribution in [0.5, 0.6) is 0 Å². The van der Waals surface area contributed by atoms with E-state index in [0.717, 1.165) is 36.1 Å². The Morgan fingerprint density at radius 1 is 1.08 bits per heavy atom. The normalized spacial score (nSPS) is 13.1. The van der Waals surface area contributed by atoms with Crippen LogP contribution in [0, 0.1) is 0 Å². The lowest BCUT2D eigenvalue weighted by molar-refractivity contribution is -0.137. The molecule has 2 aromatic carbocycles. The van der Waals surface area contributed by atoms with Crippen LogP contribution in [0.15, 0.2) is 72.2 Å². The maximum atomic E-state index is 13.3. The van der Waals surface area contributed by atoms with Crippen molar-refractivity contribution in [3.05, 3.63) is 83.9 Å². The molecule has 38 heavy (non-hydrogen) atoms. The molecule has 0 saturated heterocycles. The average Bonchev–Trinajstić information content (AvgIpc) is 3.13. The first-order valence-corrected chi connectivity index (χ1v) is 12.0. The largest absolute Gasteiger partial charge is 0.416 e. The molecule has 196 valence electrons. The Kier molecular flexibility index (Phi) is 8.23. The fourth-order valence-electron chi connectivity index (χ4n) is 4.09. The molecule has 0 fully saturated rings. The highest BCUT2D eigenvalue weighted by Crippen LogP contribution is 2.33. The lowest BCUT2D eigenvalue weighted by atomic mass is 10.0. The minimum absolute atomic E-state index is 0.0432. The average molecular weight is 522 g/mol. The van der Waals surface area contributed by atoms with E-state index in [9.17, 15) is 22.8 Å². The second-order valence-corrected chi connectivity index (χ2v) is 8.74. The first-order valence-electron chi connectivity index (χ1n) is 12.0. The first kappa shape index (κ1) is 26.6. The Hall–Kier alpha value is -4.43. The second kappa shape index (κ2) is 11.7. The molecular weight excluding hydrogens is 495 g/mol. The number of carbonyl (C=O) groups excluding carboxylic acids is 2. The zero-order chi connectivity index (χ0) is 27.1. The molecule has 0 radical (unpaired) electrons. The molecule has 0 atom stereocenters. The number of hydrogen-bond acceptors (Lipinski definition) is 4. The van der Waals surface area contributed by atoms with Gasteiger partial charge in [-0.2, -0.15) is 13.2 Å². The summed E-state index contributed by atoms with van der Waals surface area (Å²) in [4.78, 5) is 34.8. The van der Waals surface area contributed by atoms with Crippen molar-refractivity contribution in [2.24, 2.45) is 4.99 Å². The number of benzene rings is 2. The van der Waals surface area contributed by atoms with Gasteiger partial charge in [0.2, 0.25) is 5.91 Å². The topological polar surface area (TPSA) is 86.7 Å². The van der Waals surface area contributed by atoms with Crippen LogP contribution in [0.2, 0.25) is 0 Å². The summed E-state index contributed by atoms with van der Waals surface area (Å²) >= 11 is 0. The Morgan fingerprint density at radius 3 is 2.61 bits per heavy atom. The number of nitrogens with zero attached hydrogens (tertiary/aromatic N) is 3. The number of alkyl halides is 3.